The number of carbonyl (C=O) groups is 4. The van der Waals surface area contributed by atoms with Gasteiger partial charge in [-0.1, -0.05) is 40.5 Å². The van der Waals surface area contributed by atoms with Gasteiger partial charge in [-0.25, -0.2) is 0 Å². The summed E-state index contributed by atoms with van der Waals surface area (Å²) < 4.78 is 0. The Morgan fingerprint density at radius 2 is 1.00 bits per heavy atom. The Balaban J connectivity index is 0. The van der Waals surface area contributed by atoms with Gasteiger partial charge in [0, 0.05) is 0 Å². The van der Waals surface area contributed by atoms with Crippen LogP contribution in [0.25, 0.3) is 0 Å². The molecule has 0 saturated heterocycles. The van der Waals surface area contributed by atoms with Gasteiger partial charge in [0.2, 0.25) is 0 Å². The molecule has 4 N–H and O–H groups in total. The zero-order valence-electron chi connectivity index (χ0n) is 13.9. The highest BCUT2D eigenvalue weighted by Crippen LogP contribution is 2.30. The normalized spacial score (nSPS) is 13.2. The summed E-state index contributed by atoms with van der Waals surface area (Å²) in [6.07, 6.45) is 1.54. The van der Waals surface area contributed by atoms with Gasteiger partial charge in [0.1, 0.15) is 0 Å². The van der Waals surface area contributed by atoms with E-state index in [4.69, 9.17) is 20.4 Å². The minimum atomic E-state index is -1.57. The van der Waals surface area contributed by atoms with Crippen molar-refractivity contribution < 1.29 is 39.6 Å². The summed E-state index contributed by atoms with van der Waals surface area (Å²) in [5.41, 5.74) is -1.57. The predicted molar refractivity (Wildman–Crippen MR) is 81.1 cm³/mol. The molecule has 0 bridgehead atoms. The molecular weight excluding hydrogens is 308 g/mol. The van der Waals surface area contributed by atoms with Crippen LogP contribution >= 0.6 is 0 Å². The molecule has 0 heterocycles. The van der Waals surface area contributed by atoms with Crippen molar-refractivity contribution in [2.75, 3.05) is 0 Å². The maximum absolute atomic E-state index is 10.9. The second-order valence-corrected chi connectivity index (χ2v) is 5.45. The molecule has 0 fully saturated rings. The SMILES string of the molecule is CC(C(=O)O)C(C)C(=O)O.CCCC(CCC)(C(=O)O)C(=O)O. The summed E-state index contributed by atoms with van der Waals surface area (Å²) in [7, 11) is 0. The van der Waals surface area contributed by atoms with E-state index >= 15 is 0 Å². The van der Waals surface area contributed by atoms with Crippen LogP contribution in [-0.2, 0) is 19.2 Å². The largest absolute Gasteiger partial charge is 0.481 e. The van der Waals surface area contributed by atoms with Crippen molar-refractivity contribution in [2.45, 2.75) is 53.4 Å². The molecule has 0 aliphatic carbocycles. The number of carboxylic acid groups (broad SMARTS) is 4. The molecule has 0 aromatic rings. The third-order valence-electron chi connectivity index (χ3n) is 3.70. The molecular formula is C15H26O8. The lowest BCUT2D eigenvalue weighted by Crippen LogP contribution is -2.39. The third kappa shape index (κ3) is 7.12. The molecule has 2 atom stereocenters. The Morgan fingerprint density at radius 1 is 0.739 bits per heavy atom. The lowest BCUT2D eigenvalue weighted by Gasteiger charge is -2.23. The topological polar surface area (TPSA) is 149 Å². The zero-order chi connectivity index (χ0) is 18.8. The molecule has 8 nitrogen and oxygen atoms in total. The Morgan fingerprint density at radius 3 is 1.13 bits per heavy atom. The van der Waals surface area contributed by atoms with E-state index < -0.39 is 41.1 Å². The van der Waals surface area contributed by atoms with E-state index in [1.807, 2.05) is 0 Å². The van der Waals surface area contributed by atoms with Gasteiger partial charge < -0.3 is 20.4 Å². The van der Waals surface area contributed by atoms with E-state index in [1.165, 1.54) is 13.8 Å². The van der Waals surface area contributed by atoms with Crippen LogP contribution in [0.5, 0.6) is 0 Å². The highest BCUT2D eigenvalue weighted by atomic mass is 16.4. The fourth-order valence-electron chi connectivity index (χ4n) is 1.93. The van der Waals surface area contributed by atoms with Gasteiger partial charge in [-0.2, -0.15) is 0 Å². The van der Waals surface area contributed by atoms with Crippen LogP contribution in [0.15, 0.2) is 0 Å². The quantitative estimate of drug-likeness (QED) is 0.469. The lowest BCUT2D eigenvalue weighted by molar-refractivity contribution is -0.166. The highest BCUT2D eigenvalue weighted by Gasteiger charge is 2.44. The fourth-order valence-corrected chi connectivity index (χ4v) is 1.93. The maximum Gasteiger partial charge on any atom is 0.321 e. The third-order valence-corrected chi connectivity index (χ3v) is 3.70. The number of hydrogen-bond donors (Lipinski definition) is 4. The Labute approximate surface area is 135 Å². The van der Waals surface area contributed by atoms with Crippen molar-refractivity contribution in [1.82, 2.24) is 0 Å². The lowest BCUT2D eigenvalue weighted by atomic mass is 9.79. The monoisotopic (exact) mass is 334 g/mol. The summed E-state index contributed by atoms with van der Waals surface area (Å²) in [5.74, 6) is -6.23. The molecule has 0 aliphatic rings. The first-order chi connectivity index (χ1) is 10.5. The van der Waals surface area contributed by atoms with Gasteiger partial charge in [0.25, 0.3) is 0 Å². The number of rotatable bonds is 9. The molecule has 0 spiro atoms. The van der Waals surface area contributed by atoms with Crippen LogP contribution in [0, 0.1) is 17.3 Å². The number of carboxylic acids is 4. The molecule has 2 unspecified atom stereocenters. The van der Waals surface area contributed by atoms with Crippen LogP contribution in [-0.4, -0.2) is 44.3 Å². The van der Waals surface area contributed by atoms with E-state index in [0.717, 1.165) is 0 Å². The molecule has 0 rings (SSSR count). The van der Waals surface area contributed by atoms with E-state index in [9.17, 15) is 19.2 Å². The number of hydrogen-bond acceptors (Lipinski definition) is 4. The Kier molecular flexibility index (Phi) is 10.6. The van der Waals surface area contributed by atoms with E-state index in [0.29, 0.717) is 12.8 Å². The smallest absolute Gasteiger partial charge is 0.321 e. The van der Waals surface area contributed by atoms with Crippen molar-refractivity contribution in [3.63, 3.8) is 0 Å². The molecule has 0 aromatic heterocycles. The van der Waals surface area contributed by atoms with Gasteiger partial charge >= 0.3 is 23.9 Å². The first kappa shape index (κ1) is 23.2. The van der Waals surface area contributed by atoms with Crippen LogP contribution in [0.1, 0.15) is 53.4 Å². The van der Waals surface area contributed by atoms with Gasteiger partial charge in [0.05, 0.1) is 11.8 Å². The second-order valence-electron chi connectivity index (χ2n) is 5.45. The van der Waals surface area contributed by atoms with E-state index in [-0.39, 0.29) is 12.8 Å². The van der Waals surface area contributed by atoms with Crippen molar-refractivity contribution in [3.05, 3.63) is 0 Å². The van der Waals surface area contributed by atoms with E-state index in [1.54, 1.807) is 13.8 Å². The second kappa shape index (κ2) is 10.6. The molecule has 0 amide bonds. The van der Waals surface area contributed by atoms with Crippen molar-refractivity contribution in [3.8, 4) is 0 Å². The summed E-state index contributed by atoms with van der Waals surface area (Å²) >= 11 is 0. The first-order valence-corrected chi connectivity index (χ1v) is 7.40. The maximum atomic E-state index is 10.9. The predicted octanol–water partition coefficient (Wildman–Crippen LogP) is 2.17. The summed E-state index contributed by atoms with van der Waals surface area (Å²) in [5, 5.41) is 34.4. The van der Waals surface area contributed by atoms with Crippen molar-refractivity contribution in [2.24, 2.45) is 17.3 Å². The standard InChI is InChI=1S/C9H16O4.C6H10O4/c1-3-5-9(6-4-2,7(10)11)8(12)13;1-3(5(7)8)4(2)6(9)10/h3-6H2,1-2H3,(H,10,11)(H,12,13);3-4H,1-2H3,(H,7,8)(H,9,10). The highest BCUT2D eigenvalue weighted by molar-refractivity contribution is 5.98. The van der Waals surface area contributed by atoms with Gasteiger partial charge in [-0.3, -0.25) is 19.2 Å². The molecule has 0 aliphatic heterocycles. The van der Waals surface area contributed by atoms with Crippen LogP contribution in [0.3, 0.4) is 0 Å². The minimum absolute atomic E-state index is 0.200. The van der Waals surface area contributed by atoms with Gasteiger partial charge in [-0.05, 0) is 12.8 Å². The summed E-state index contributed by atoms with van der Waals surface area (Å²) in [4.78, 5) is 42.1. The molecule has 0 aromatic carbocycles. The molecule has 0 radical (unpaired) electrons. The molecule has 134 valence electrons. The molecule has 0 saturated carbocycles. The average molecular weight is 334 g/mol. The average Bonchev–Trinajstić information content (AvgIpc) is 2.45. The van der Waals surface area contributed by atoms with E-state index in [2.05, 4.69) is 0 Å². The summed E-state index contributed by atoms with van der Waals surface area (Å²) in [6, 6.07) is 0. The minimum Gasteiger partial charge on any atom is -0.481 e. The Bertz CT molecular complexity index is 389. The molecule has 8 heteroatoms. The van der Waals surface area contributed by atoms with Gasteiger partial charge in [0.15, 0.2) is 5.41 Å². The first-order valence-electron chi connectivity index (χ1n) is 7.40. The van der Waals surface area contributed by atoms with Crippen LogP contribution < -0.4 is 0 Å². The number of aliphatic carboxylic acids is 4. The molecule has 23 heavy (non-hydrogen) atoms. The van der Waals surface area contributed by atoms with Crippen LogP contribution in [0.2, 0.25) is 0 Å². The Hall–Kier alpha value is -2.12. The van der Waals surface area contributed by atoms with Gasteiger partial charge in [-0.15, -0.1) is 0 Å². The van der Waals surface area contributed by atoms with Crippen molar-refractivity contribution >= 4 is 23.9 Å². The zero-order valence-corrected chi connectivity index (χ0v) is 13.9. The van der Waals surface area contributed by atoms with Crippen LogP contribution in [0.4, 0.5) is 0 Å². The fraction of sp³-hybridized carbons (Fsp3) is 0.733. The summed E-state index contributed by atoms with van der Waals surface area (Å²) in [6.45, 7) is 6.33. The van der Waals surface area contributed by atoms with Crippen molar-refractivity contribution in [1.29, 1.82) is 0 Å².